The van der Waals surface area contributed by atoms with Crippen LogP contribution in [-0.2, 0) is 0 Å². The molecule has 0 atom stereocenters. The van der Waals surface area contributed by atoms with Crippen LogP contribution in [-0.4, -0.2) is 28.9 Å². The summed E-state index contributed by atoms with van der Waals surface area (Å²) in [7, 11) is 0. The van der Waals surface area contributed by atoms with E-state index in [0.29, 0.717) is 11.3 Å². The number of benzene rings is 1. The maximum atomic E-state index is 12.3. The smallest absolute Gasteiger partial charge is 0.257 e. The lowest BCUT2D eigenvalue weighted by Gasteiger charge is -2.16. The molecule has 1 fully saturated rings. The number of hydrogen-bond acceptors (Lipinski definition) is 3. The highest BCUT2D eigenvalue weighted by Crippen LogP contribution is 2.24. The molecule has 0 saturated carbocycles. The highest BCUT2D eigenvalue weighted by Gasteiger charge is 2.22. The van der Waals surface area contributed by atoms with Crippen molar-refractivity contribution in [2.75, 3.05) is 18.8 Å². The molecule has 2 N–H and O–H groups in total. The molecule has 18 heavy (non-hydrogen) atoms. The normalized spacial score (nSPS) is 15.2. The molecule has 92 valence electrons. The summed E-state index contributed by atoms with van der Waals surface area (Å²) in [5.74, 6) is 0.00301. The first-order valence-corrected chi connectivity index (χ1v) is 6.20. The molecule has 1 aromatic heterocycles. The molecule has 2 aromatic rings. The Morgan fingerprint density at radius 1 is 1.22 bits per heavy atom. The van der Waals surface area contributed by atoms with Crippen LogP contribution in [0, 0.1) is 0 Å². The van der Waals surface area contributed by atoms with Crippen LogP contribution in [0.2, 0.25) is 0 Å². The van der Waals surface area contributed by atoms with Crippen molar-refractivity contribution in [2.24, 2.45) is 0 Å². The van der Waals surface area contributed by atoms with Gasteiger partial charge in [-0.2, -0.15) is 0 Å². The van der Waals surface area contributed by atoms with Gasteiger partial charge in [0, 0.05) is 24.7 Å². The van der Waals surface area contributed by atoms with Crippen molar-refractivity contribution in [3.63, 3.8) is 0 Å². The van der Waals surface area contributed by atoms with Gasteiger partial charge in [-0.3, -0.25) is 9.78 Å². The number of nitrogen functional groups attached to an aromatic ring is 1. The fourth-order valence-corrected chi connectivity index (χ4v) is 2.42. The molecule has 2 heterocycles. The largest absolute Gasteiger partial charge is 0.397 e. The predicted octanol–water partition coefficient (Wildman–Crippen LogP) is 2.05. The lowest BCUT2D eigenvalue weighted by Crippen LogP contribution is -2.28. The second kappa shape index (κ2) is 4.29. The number of anilines is 1. The summed E-state index contributed by atoms with van der Waals surface area (Å²) >= 11 is 0. The van der Waals surface area contributed by atoms with E-state index in [1.54, 1.807) is 6.20 Å². The third-order valence-corrected chi connectivity index (χ3v) is 3.44. The van der Waals surface area contributed by atoms with Gasteiger partial charge in [0.15, 0.2) is 0 Å². The van der Waals surface area contributed by atoms with Crippen LogP contribution in [0.25, 0.3) is 10.9 Å². The minimum atomic E-state index is 0.00301. The van der Waals surface area contributed by atoms with E-state index < -0.39 is 0 Å². The summed E-state index contributed by atoms with van der Waals surface area (Å²) in [6, 6.07) is 7.62. The Morgan fingerprint density at radius 2 is 1.94 bits per heavy atom. The molecule has 0 bridgehead atoms. The molecular weight excluding hydrogens is 226 g/mol. The van der Waals surface area contributed by atoms with E-state index in [-0.39, 0.29) is 5.91 Å². The summed E-state index contributed by atoms with van der Waals surface area (Å²) < 4.78 is 0. The number of pyridine rings is 1. The van der Waals surface area contributed by atoms with E-state index >= 15 is 0 Å². The van der Waals surface area contributed by atoms with Crippen LogP contribution in [0.15, 0.2) is 30.5 Å². The fraction of sp³-hybridized carbons (Fsp3) is 0.286. The Morgan fingerprint density at radius 3 is 2.72 bits per heavy atom. The summed E-state index contributed by atoms with van der Waals surface area (Å²) in [5, 5.41) is 0.850. The van der Waals surface area contributed by atoms with E-state index in [1.807, 2.05) is 29.2 Å². The van der Waals surface area contributed by atoms with E-state index in [1.165, 1.54) is 0 Å². The van der Waals surface area contributed by atoms with Crippen LogP contribution in [0.3, 0.4) is 0 Å². The average Bonchev–Trinajstić information content (AvgIpc) is 2.93. The topological polar surface area (TPSA) is 59.2 Å². The number of likely N-dealkylation sites (tertiary alicyclic amines) is 1. The van der Waals surface area contributed by atoms with Gasteiger partial charge < -0.3 is 10.6 Å². The van der Waals surface area contributed by atoms with Gasteiger partial charge in [0.2, 0.25) is 0 Å². The quantitative estimate of drug-likeness (QED) is 0.831. The molecule has 3 rings (SSSR count). The molecule has 1 amide bonds. The lowest BCUT2D eigenvalue weighted by molar-refractivity contribution is 0.0793. The van der Waals surface area contributed by atoms with Crippen LogP contribution in [0.4, 0.5) is 5.69 Å². The van der Waals surface area contributed by atoms with Crippen molar-refractivity contribution in [3.05, 3.63) is 36.0 Å². The molecular formula is C14H15N3O. The zero-order valence-corrected chi connectivity index (χ0v) is 10.1. The third kappa shape index (κ3) is 1.70. The predicted molar refractivity (Wildman–Crippen MR) is 71.3 cm³/mol. The maximum absolute atomic E-state index is 12.3. The highest BCUT2D eigenvalue weighted by molar-refractivity contribution is 6.06. The number of carbonyl (C=O) groups is 1. The van der Waals surface area contributed by atoms with Crippen LogP contribution >= 0.6 is 0 Å². The number of para-hydroxylation sites is 1. The number of fused-ring (bicyclic) bond motifs is 1. The van der Waals surface area contributed by atoms with Crippen molar-refractivity contribution >= 4 is 22.5 Å². The van der Waals surface area contributed by atoms with E-state index in [2.05, 4.69) is 4.98 Å². The van der Waals surface area contributed by atoms with Crippen molar-refractivity contribution in [1.29, 1.82) is 0 Å². The van der Waals surface area contributed by atoms with Crippen molar-refractivity contribution in [3.8, 4) is 0 Å². The number of carbonyl (C=O) groups excluding carboxylic acids is 1. The van der Waals surface area contributed by atoms with Crippen molar-refractivity contribution in [1.82, 2.24) is 9.88 Å². The van der Waals surface area contributed by atoms with Crippen molar-refractivity contribution < 1.29 is 4.79 Å². The molecule has 0 radical (unpaired) electrons. The SMILES string of the molecule is Nc1c(C(=O)N2CCCC2)cnc2ccccc12. The number of rotatable bonds is 1. The summed E-state index contributed by atoms with van der Waals surface area (Å²) in [6.45, 7) is 1.65. The Kier molecular flexibility index (Phi) is 2.63. The van der Waals surface area contributed by atoms with Gasteiger partial charge in [0.1, 0.15) is 0 Å². The monoisotopic (exact) mass is 241 g/mol. The first-order chi connectivity index (χ1) is 8.77. The van der Waals surface area contributed by atoms with Gasteiger partial charge in [-0.25, -0.2) is 0 Å². The van der Waals surface area contributed by atoms with E-state index in [4.69, 9.17) is 5.73 Å². The molecule has 4 heteroatoms. The Hall–Kier alpha value is -2.10. The first-order valence-electron chi connectivity index (χ1n) is 6.20. The van der Waals surface area contributed by atoms with Crippen LogP contribution in [0.5, 0.6) is 0 Å². The van der Waals surface area contributed by atoms with Gasteiger partial charge in [-0.15, -0.1) is 0 Å². The number of nitrogens with zero attached hydrogens (tertiary/aromatic N) is 2. The molecule has 4 nitrogen and oxygen atoms in total. The average molecular weight is 241 g/mol. The summed E-state index contributed by atoms with van der Waals surface area (Å²) in [6.07, 6.45) is 3.75. The van der Waals surface area contributed by atoms with Crippen molar-refractivity contribution in [2.45, 2.75) is 12.8 Å². The minimum Gasteiger partial charge on any atom is -0.397 e. The number of aromatic nitrogens is 1. The molecule has 1 aliphatic rings. The van der Waals surface area contributed by atoms with Crippen LogP contribution < -0.4 is 5.73 Å². The van der Waals surface area contributed by atoms with Gasteiger partial charge in [0.25, 0.3) is 5.91 Å². The third-order valence-electron chi connectivity index (χ3n) is 3.44. The summed E-state index contributed by atoms with van der Waals surface area (Å²) in [5.41, 5.74) is 7.99. The minimum absolute atomic E-state index is 0.00301. The van der Waals surface area contributed by atoms with Gasteiger partial charge in [-0.1, -0.05) is 18.2 Å². The second-order valence-corrected chi connectivity index (χ2v) is 4.60. The Balaban J connectivity index is 2.06. The molecule has 0 spiro atoms. The Bertz CT molecular complexity index is 603. The van der Waals surface area contributed by atoms with E-state index in [0.717, 1.165) is 36.8 Å². The molecule has 1 aliphatic heterocycles. The molecule has 0 unspecified atom stereocenters. The number of amides is 1. The number of hydrogen-bond donors (Lipinski definition) is 1. The number of nitrogens with two attached hydrogens (primary N) is 1. The van der Waals surface area contributed by atoms with Gasteiger partial charge in [0.05, 0.1) is 16.8 Å². The highest BCUT2D eigenvalue weighted by atomic mass is 16.2. The van der Waals surface area contributed by atoms with Gasteiger partial charge >= 0.3 is 0 Å². The van der Waals surface area contributed by atoms with E-state index in [9.17, 15) is 4.79 Å². The maximum Gasteiger partial charge on any atom is 0.257 e. The van der Waals surface area contributed by atoms with Gasteiger partial charge in [-0.05, 0) is 18.9 Å². The lowest BCUT2D eigenvalue weighted by atomic mass is 10.1. The standard InChI is InChI=1S/C14H15N3O/c15-13-10-5-1-2-6-12(10)16-9-11(13)14(18)17-7-3-4-8-17/h1-2,5-6,9H,3-4,7-8H2,(H2,15,16). The zero-order valence-electron chi connectivity index (χ0n) is 10.1. The molecule has 0 aliphatic carbocycles. The Labute approximate surface area is 105 Å². The second-order valence-electron chi connectivity index (χ2n) is 4.60. The molecule has 1 aromatic carbocycles. The first kappa shape index (κ1) is 11.0. The molecule has 1 saturated heterocycles. The zero-order chi connectivity index (χ0) is 12.5. The summed E-state index contributed by atoms with van der Waals surface area (Å²) in [4.78, 5) is 18.5. The van der Waals surface area contributed by atoms with Crippen LogP contribution in [0.1, 0.15) is 23.2 Å². The fourth-order valence-electron chi connectivity index (χ4n) is 2.42.